The molecule has 39 heavy (non-hydrogen) atoms. The zero-order valence-electron chi connectivity index (χ0n) is 22.3. The number of nitrogens with one attached hydrogen (secondary N) is 1. The molecule has 0 aromatic heterocycles. The molecule has 11 heteroatoms. The van der Waals surface area contributed by atoms with Gasteiger partial charge in [-0.3, -0.25) is 13.9 Å². The van der Waals surface area contributed by atoms with E-state index in [1.54, 1.807) is 55.5 Å². The van der Waals surface area contributed by atoms with Crippen LogP contribution in [0.3, 0.4) is 0 Å². The molecule has 1 atom stereocenters. The number of methoxy groups -OCH3 is 2. The number of amides is 2. The minimum atomic E-state index is -4.26. The molecule has 0 radical (unpaired) electrons. The van der Waals surface area contributed by atoms with Crippen LogP contribution in [0.25, 0.3) is 0 Å². The van der Waals surface area contributed by atoms with Crippen molar-refractivity contribution < 1.29 is 27.5 Å². The van der Waals surface area contributed by atoms with E-state index in [4.69, 9.17) is 21.1 Å². The molecule has 3 aromatic carbocycles. The summed E-state index contributed by atoms with van der Waals surface area (Å²) in [6.45, 7) is 1.19. The fourth-order valence-electron chi connectivity index (χ4n) is 4.12. The maximum Gasteiger partial charge on any atom is 0.264 e. The molecular formula is C28H32ClN3O6S. The molecule has 0 saturated heterocycles. The fraction of sp³-hybridized carbons (Fsp3) is 0.286. The second-order valence-corrected chi connectivity index (χ2v) is 10.8. The quantitative estimate of drug-likeness (QED) is 0.350. The number of ether oxygens (including phenoxy) is 2. The normalized spacial score (nSPS) is 11.8. The van der Waals surface area contributed by atoms with Gasteiger partial charge in [0, 0.05) is 18.6 Å². The summed E-state index contributed by atoms with van der Waals surface area (Å²) in [6.07, 6.45) is 0.301. The monoisotopic (exact) mass is 573 g/mol. The van der Waals surface area contributed by atoms with E-state index < -0.39 is 28.5 Å². The lowest BCUT2D eigenvalue weighted by molar-refractivity contribution is -0.140. The summed E-state index contributed by atoms with van der Waals surface area (Å²) in [4.78, 5) is 28.1. The van der Waals surface area contributed by atoms with Gasteiger partial charge in [0.25, 0.3) is 10.0 Å². The van der Waals surface area contributed by atoms with Crippen molar-refractivity contribution in [3.05, 3.63) is 83.4 Å². The van der Waals surface area contributed by atoms with Crippen molar-refractivity contribution >= 4 is 39.1 Å². The summed E-state index contributed by atoms with van der Waals surface area (Å²) < 4.78 is 39.5. The van der Waals surface area contributed by atoms with Gasteiger partial charge < -0.3 is 19.7 Å². The van der Waals surface area contributed by atoms with Crippen LogP contribution in [0, 0.1) is 0 Å². The first kappa shape index (κ1) is 29.8. The number of carbonyl (C=O) groups excluding carboxylic acids is 2. The molecule has 3 aromatic rings. The maximum absolute atomic E-state index is 14.0. The average Bonchev–Trinajstić information content (AvgIpc) is 2.96. The van der Waals surface area contributed by atoms with Crippen molar-refractivity contribution in [1.29, 1.82) is 0 Å². The third kappa shape index (κ3) is 6.82. The highest BCUT2D eigenvalue weighted by Crippen LogP contribution is 2.33. The van der Waals surface area contributed by atoms with E-state index in [2.05, 4.69) is 5.32 Å². The number of hydrogen-bond donors (Lipinski definition) is 1. The van der Waals surface area contributed by atoms with E-state index in [0.717, 1.165) is 4.31 Å². The molecule has 3 rings (SSSR count). The highest BCUT2D eigenvalue weighted by Gasteiger charge is 2.34. The first-order chi connectivity index (χ1) is 18.7. The fourth-order valence-corrected chi connectivity index (χ4v) is 5.74. The van der Waals surface area contributed by atoms with Gasteiger partial charge in [0.2, 0.25) is 11.8 Å². The molecule has 2 amide bonds. The van der Waals surface area contributed by atoms with E-state index in [0.29, 0.717) is 22.8 Å². The first-order valence-corrected chi connectivity index (χ1v) is 14.0. The van der Waals surface area contributed by atoms with Gasteiger partial charge in [-0.05, 0) is 54.4 Å². The SMILES string of the molecule is CC[C@@H](C(=O)NC)N(Cc1ccccc1Cl)C(=O)CN(c1ccccc1OC)S(=O)(=O)c1ccc(OC)cc1. The third-order valence-corrected chi connectivity index (χ3v) is 8.35. The number of para-hydroxylation sites is 2. The Kier molecular flexibility index (Phi) is 10.2. The average molecular weight is 574 g/mol. The number of halogens is 1. The molecule has 0 aliphatic rings. The van der Waals surface area contributed by atoms with Crippen LogP contribution in [0.4, 0.5) is 5.69 Å². The van der Waals surface area contributed by atoms with E-state index in [1.165, 1.54) is 50.4 Å². The summed E-state index contributed by atoms with van der Waals surface area (Å²) in [7, 11) is 0.126. The Morgan fingerprint density at radius 1 is 0.949 bits per heavy atom. The molecule has 0 unspecified atom stereocenters. The van der Waals surface area contributed by atoms with Crippen LogP contribution in [-0.4, -0.2) is 59.0 Å². The molecule has 0 spiro atoms. The molecule has 1 N–H and O–H groups in total. The number of nitrogens with zero attached hydrogens (tertiary/aromatic N) is 2. The lowest BCUT2D eigenvalue weighted by Crippen LogP contribution is -2.51. The Labute approximate surface area is 234 Å². The number of anilines is 1. The first-order valence-electron chi connectivity index (χ1n) is 12.2. The molecule has 0 saturated carbocycles. The van der Waals surface area contributed by atoms with Gasteiger partial charge in [0.15, 0.2) is 0 Å². The van der Waals surface area contributed by atoms with Crippen molar-refractivity contribution in [2.24, 2.45) is 0 Å². The number of carbonyl (C=O) groups is 2. The van der Waals surface area contributed by atoms with Crippen molar-refractivity contribution in [2.45, 2.75) is 30.8 Å². The van der Waals surface area contributed by atoms with Gasteiger partial charge in [0.05, 0.1) is 24.8 Å². The lowest BCUT2D eigenvalue weighted by atomic mass is 10.1. The Morgan fingerprint density at radius 3 is 2.18 bits per heavy atom. The van der Waals surface area contributed by atoms with Gasteiger partial charge in [-0.15, -0.1) is 0 Å². The van der Waals surface area contributed by atoms with Crippen molar-refractivity contribution in [3.8, 4) is 11.5 Å². The zero-order valence-corrected chi connectivity index (χ0v) is 23.8. The Morgan fingerprint density at radius 2 is 1.59 bits per heavy atom. The number of rotatable bonds is 12. The second kappa shape index (κ2) is 13.3. The highest BCUT2D eigenvalue weighted by atomic mass is 35.5. The van der Waals surface area contributed by atoms with Crippen LogP contribution in [0.15, 0.2) is 77.7 Å². The Bertz CT molecular complexity index is 1400. The smallest absolute Gasteiger partial charge is 0.264 e. The van der Waals surface area contributed by atoms with E-state index >= 15 is 0 Å². The molecule has 9 nitrogen and oxygen atoms in total. The van der Waals surface area contributed by atoms with E-state index in [-0.39, 0.29) is 28.8 Å². The number of likely N-dealkylation sites (N-methyl/N-ethyl adjacent to an activating group) is 1. The minimum absolute atomic E-state index is 0.00673. The third-order valence-electron chi connectivity index (χ3n) is 6.21. The molecule has 0 fully saturated rings. The van der Waals surface area contributed by atoms with Gasteiger partial charge >= 0.3 is 0 Å². The molecule has 0 aliphatic carbocycles. The topological polar surface area (TPSA) is 105 Å². The van der Waals surface area contributed by atoms with Crippen molar-refractivity contribution in [3.63, 3.8) is 0 Å². The molecule has 0 bridgehead atoms. The van der Waals surface area contributed by atoms with Gasteiger partial charge in [-0.2, -0.15) is 0 Å². The highest BCUT2D eigenvalue weighted by molar-refractivity contribution is 7.92. The van der Waals surface area contributed by atoms with Gasteiger partial charge in [-0.1, -0.05) is 48.9 Å². The molecule has 0 aliphatic heterocycles. The van der Waals surface area contributed by atoms with Crippen LogP contribution in [-0.2, 0) is 26.2 Å². The zero-order chi connectivity index (χ0) is 28.6. The lowest BCUT2D eigenvalue weighted by Gasteiger charge is -2.33. The summed E-state index contributed by atoms with van der Waals surface area (Å²) in [6, 6.07) is 18.5. The van der Waals surface area contributed by atoms with Gasteiger partial charge in [-0.25, -0.2) is 8.42 Å². The van der Waals surface area contributed by atoms with Gasteiger partial charge in [0.1, 0.15) is 24.1 Å². The maximum atomic E-state index is 14.0. The summed E-state index contributed by atoms with van der Waals surface area (Å²) in [5.41, 5.74) is 0.798. The second-order valence-electron chi connectivity index (χ2n) is 8.51. The summed E-state index contributed by atoms with van der Waals surface area (Å²) >= 11 is 6.38. The number of sulfonamides is 1. The van der Waals surface area contributed by atoms with E-state index in [9.17, 15) is 18.0 Å². The van der Waals surface area contributed by atoms with Crippen LogP contribution in [0.5, 0.6) is 11.5 Å². The largest absolute Gasteiger partial charge is 0.497 e. The Balaban J connectivity index is 2.11. The van der Waals surface area contributed by atoms with Crippen molar-refractivity contribution in [1.82, 2.24) is 10.2 Å². The molecule has 208 valence electrons. The summed E-state index contributed by atoms with van der Waals surface area (Å²) in [5, 5.41) is 3.02. The van der Waals surface area contributed by atoms with E-state index in [1.807, 2.05) is 0 Å². The van der Waals surface area contributed by atoms with Crippen LogP contribution >= 0.6 is 11.6 Å². The predicted molar refractivity (Wildman–Crippen MR) is 151 cm³/mol. The molecule has 0 heterocycles. The van der Waals surface area contributed by atoms with Crippen LogP contribution in [0.1, 0.15) is 18.9 Å². The summed E-state index contributed by atoms with van der Waals surface area (Å²) in [5.74, 6) is -0.220. The number of benzene rings is 3. The standard InChI is InChI=1S/C28H32ClN3O6S/c1-5-24(28(34)30-2)31(18-20-10-6-7-11-23(20)29)27(33)19-32(25-12-8-9-13-26(25)38-4)39(35,36)22-16-14-21(37-3)15-17-22/h6-17,24H,5,18-19H2,1-4H3,(H,30,34)/t24-/m0/s1. The molecular weight excluding hydrogens is 542 g/mol. The number of hydrogen-bond acceptors (Lipinski definition) is 6. The van der Waals surface area contributed by atoms with Crippen LogP contribution < -0.4 is 19.1 Å². The minimum Gasteiger partial charge on any atom is -0.497 e. The Hall–Kier alpha value is -3.76. The van der Waals surface area contributed by atoms with Crippen LogP contribution in [0.2, 0.25) is 5.02 Å². The van der Waals surface area contributed by atoms with Crippen molar-refractivity contribution in [2.75, 3.05) is 32.1 Å². The predicted octanol–water partition coefficient (Wildman–Crippen LogP) is 4.11.